The lowest BCUT2D eigenvalue weighted by Gasteiger charge is -2.27. The van der Waals surface area contributed by atoms with Crippen molar-refractivity contribution < 1.29 is 14.3 Å². The standard InChI is InChI=1S/C12H22N2O3/c1-4-5-12(6-7-13-8-12)11(16)14-9(2)10(15)17-3/h9,13H,4-8H2,1-3H3,(H,14,16)/t9-,12?/m0/s1. The molecular formula is C12H22N2O3. The van der Waals surface area contributed by atoms with Crippen molar-refractivity contribution in [3.63, 3.8) is 0 Å². The molecule has 0 radical (unpaired) electrons. The SMILES string of the molecule is CCCC1(C(=O)N[C@@H](C)C(=O)OC)CCNC1. The molecule has 0 bridgehead atoms. The highest BCUT2D eigenvalue weighted by Gasteiger charge is 2.41. The molecule has 17 heavy (non-hydrogen) atoms. The Kier molecular flexibility index (Phi) is 4.93. The molecule has 0 aromatic carbocycles. The second-order valence-electron chi connectivity index (χ2n) is 4.68. The number of rotatable bonds is 5. The van der Waals surface area contributed by atoms with Crippen LogP contribution in [0.3, 0.4) is 0 Å². The highest BCUT2D eigenvalue weighted by Crippen LogP contribution is 2.31. The number of hydrogen-bond donors (Lipinski definition) is 2. The first-order valence-corrected chi connectivity index (χ1v) is 6.15. The van der Waals surface area contributed by atoms with Gasteiger partial charge in [-0.3, -0.25) is 4.79 Å². The molecule has 0 aromatic rings. The largest absolute Gasteiger partial charge is 0.467 e. The maximum absolute atomic E-state index is 12.2. The van der Waals surface area contributed by atoms with Gasteiger partial charge in [0, 0.05) is 6.54 Å². The molecule has 1 saturated heterocycles. The predicted molar refractivity (Wildman–Crippen MR) is 64.4 cm³/mol. The molecule has 1 rings (SSSR count). The van der Waals surface area contributed by atoms with Gasteiger partial charge in [-0.25, -0.2) is 4.79 Å². The third kappa shape index (κ3) is 3.19. The average Bonchev–Trinajstić information content (AvgIpc) is 2.78. The van der Waals surface area contributed by atoms with Gasteiger partial charge >= 0.3 is 5.97 Å². The lowest BCUT2D eigenvalue weighted by atomic mass is 9.81. The molecule has 5 heteroatoms. The number of nitrogens with one attached hydrogen (secondary N) is 2. The fourth-order valence-electron chi connectivity index (χ4n) is 2.33. The summed E-state index contributed by atoms with van der Waals surface area (Å²) in [6.45, 7) is 5.27. The van der Waals surface area contributed by atoms with Crippen LogP contribution < -0.4 is 10.6 Å². The maximum Gasteiger partial charge on any atom is 0.328 e. The maximum atomic E-state index is 12.2. The molecule has 0 saturated carbocycles. The van der Waals surface area contributed by atoms with Crippen LogP contribution in [0.2, 0.25) is 0 Å². The Bertz CT molecular complexity index is 285. The number of ether oxygens (including phenoxy) is 1. The van der Waals surface area contributed by atoms with Crippen molar-refractivity contribution >= 4 is 11.9 Å². The summed E-state index contributed by atoms with van der Waals surface area (Å²) >= 11 is 0. The van der Waals surface area contributed by atoms with E-state index in [0.717, 1.165) is 25.8 Å². The van der Waals surface area contributed by atoms with Gasteiger partial charge in [0.1, 0.15) is 6.04 Å². The van der Waals surface area contributed by atoms with Gasteiger partial charge in [0.05, 0.1) is 12.5 Å². The molecule has 1 unspecified atom stereocenters. The summed E-state index contributed by atoms with van der Waals surface area (Å²) in [5.41, 5.74) is -0.350. The quantitative estimate of drug-likeness (QED) is 0.687. The van der Waals surface area contributed by atoms with Gasteiger partial charge in [-0.05, 0) is 26.3 Å². The third-order valence-electron chi connectivity index (χ3n) is 3.36. The van der Waals surface area contributed by atoms with E-state index in [4.69, 9.17) is 0 Å². The number of esters is 1. The molecular weight excluding hydrogens is 220 g/mol. The summed E-state index contributed by atoms with van der Waals surface area (Å²) in [6, 6.07) is -0.582. The van der Waals surface area contributed by atoms with Crippen molar-refractivity contribution in [2.75, 3.05) is 20.2 Å². The number of amides is 1. The first-order chi connectivity index (χ1) is 8.05. The van der Waals surface area contributed by atoms with Gasteiger partial charge < -0.3 is 15.4 Å². The lowest BCUT2D eigenvalue weighted by Crippen LogP contribution is -2.48. The normalized spacial score (nSPS) is 25.4. The summed E-state index contributed by atoms with van der Waals surface area (Å²) in [7, 11) is 1.32. The number of carbonyl (C=O) groups excluding carboxylic acids is 2. The number of carbonyl (C=O) groups is 2. The van der Waals surface area contributed by atoms with Gasteiger partial charge in [0.2, 0.25) is 5.91 Å². The minimum Gasteiger partial charge on any atom is -0.467 e. The van der Waals surface area contributed by atoms with Crippen molar-refractivity contribution in [2.24, 2.45) is 5.41 Å². The van der Waals surface area contributed by atoms with E-state index in [9.17, 15) is 9.59 Å². The Morgan fingerprint density at radius 3 is 2.71 bits per heavy atom. The van der Waals surface area contributed by atoms with E-state index in [1.54, 1.807) is 6.92 Å². The zero-order chi connectivity index (χ0) is 12.9. The predicted octanol–water partition coefficient (Wildman–Crippen LogP) is 0.444. The van der Waals surface area contributed by atoms with E-state index >= 15 is 0 Å². The Morgan fingerprint density at radius 1 is 1.53 bits per heavy atom. The van der Waals surface area contributed by atoms with Crippen LogP contribution in [0, 0.1) is 5.41 Å². The second kappa shape index (κ2) is 6.00. The van der Waals surface area contributed by atoms with Crippen LogP contribution >= 0.6 is 0 Å². The first kappa shape index (κ1) is 14.0. The van der Waals surface area contributed by atoms with Crippen LogP contribution in [-0.4, -0.2) is 38.1 Å². The van der Waals surface area contributed by atoms with Crippen LogP contribution in [0.25, 0.3) is 0 Å². The van der Waals surface area contributed by atoms with E-state index in [-0.39, 0.29) is 11.3 Å². The van der Waals surface area contributed by atoms with Crippen molar-refractivity contribution in [3.05, 3.63) is 0 Å². The minimum atomic E-state index is -0.582. The molecule has 2 N–H and O–H groups in total. The Hall–Kier alpha value is -1.10. The molecule has 2 atom stereocenters. The smallest absolute Gasteiger partial charge is 0.328 e. The molecule has 1 heterocycles. The van der Waals surface area contributed by atoms with Crippen molar-refractivity contribution in [3.8, 4) is 0 Å². The van der Waals surface area contributed by atoms with Crippen LogP contribution in [0.15, 0.2) is 0 Å². The van der Waals surface area contributed by atoms with Crippen LogP contribution in [0.1, 0.15) is 33.1 Å². The zero-order valence-electron chi connectivity index (χ0n) is 10.8. The topological polar surface area (TPSA) is 67.4 Å². The third-order valence-corrected chi connectivity index (χ3v) is 3.36. The first-order valence-electron chi connectivity index (χ1n) is 6.15. The van der Waals surface area contributed by atoms with Crippen molar-refractivity contribution in [2.45, 2.75) is 39.2 Å². The van der Waals surface area contributed by atoms with Crippen molar-refractivity contribution in [1.82, 2.24) is 10.6 Å². The second-order valence-corrected chi connectivity index (χ2v) is 4.68. The number of hydrogen-bond acceptors (Lipinski definition) is 4. The molecule has 1 amide bonds. The Morgan fingerprint density at radius 2 is 2.24 bits per heavy atom. The average molecular weight is 242 g/mol. The van der Waals surface area contributed by atoms with Gasteiger partial charge in [-0.1, -0.05) is 13.3 Å². The summed E-state index contributed by atoms with van der Waals surface area (Å²) in [5, 5.41) is 5.96. The molecule has 0 aromatic heterocycles. The fourth-order valence-corrected chi connectivity index (χ4v) is 2.33. The number of methoxy groups -OCH3 is 1. The van der Waals surface area contributed by atoms with E-state index in [1.807, 2.05) is 0 Å². The Labute approximate surface area is 102 Å². The summed E-state index contributed by atoms with van der Waals surface area (Å²) < 4.78 is 4.60. The van der Waals surface area contributed by atoms with Gasteiger partial charge in [0.15, 0.2) is 0 Å². The monoisotopic (exact) mass is 242 g/mol. The van der Waals surface area contributed by atoms with Gasteiger partial charge in [-0.15, -0.1) is 0 Å². The highest BCUT2D eigenvalue weighted by atomic mass is 16.5. The molecule has 1 aliphatic rings. The molecule has 1 fully saturated rings. The lowest BCUT2D eigenvalue weighted by molar-refractivity contribution is -0.146. The Balaban J connectivity index is 2.63. The molecule has 98 valence electrons. The van der Waals surface area contributed by atoms with E-state index in [2.05, 4.69) is 22.3 Å². The van der Waals surface area contributed by atoms with Gasteiger partial charge in [0.25, 0.3) is 0 Å². The summed E-state index contributed by atoms with van der Waals surface area (Å²) in [4.78, 5) is 23.5. The molecule has 5 nitrogen and oxygen atoms in total. The highest BCUT2D eigenvalue weighted by molar-refractivity contribution is 5.88. The van der Waals surface area contributed by atoms with Crippen LogP contribution in [-0.2, 0) is 14.3 Å². The van der Waals surface area contributed by atoms with E-state index in [1.165, 1.54) is 7.11 Å². The van der Waals surface area contributed by atoms with E-state index in [0.29, 0.717) is 6.54 Å². The van der Waals surface area contributed by atoms with Gasteiger partial charge in [-0.2, -0.15) is 0 Å². The minimum absolute atomic E-state index is 0.0396. The van der Waals surface area contributed by atoms with Crippen molar-refractivity contribution in [1.29, 1.82) is 0 Å². The molecule has 1 aliphatic heterocycles. The fraction of sp³-hybridized carbons (Fsp3) is 0.833. The molecule has 0 spiro atoms. The van der Waals surface area contributed by atoms with Crippen LogP contribution in [0.4, 0.5) is 0 Å². The zero-order valence-corrected chi connectivity index (χ0v) is 10.8. The van der Waals surface area contributed by atoms with E-state index < -0.39 is 12.0 Å². The summed E-state index contributed by atoms with van der Waals surface area (Å²) in [5.74, 6) is -0.446. The van der Waals surface area contributed by atoms with Crippen LogP contribution in [0.5, 0.6) is 0 Å². The summed E-state index contributed by atoms with van der Waals surface area (Å²) in [6.07, 6.45) is 2.64. The molecule has 0 aliphatic carbocycles.